The molecule has 0 unspecified atom stereocenters. The average Bonchev–Trinajstić information content (AvgIpc) is 2.88. The highest BCUT2D eigenvalue weighted by molar-refractivity contribution is 5.92. The van der Waals surface area contributed by atoms with Gasteiger partial charge in [0.1, 0.15) is 5.82 Å². The second-order valence-electron chi connectivity index (χ2n) is 8.28. The molecule has 1 aromatic heterocycles. The van der Waals surface area contributed by atoms with Crippen LogP contribution in [0.5, 0.6) is 0 Å². The summed E-state index contributed by atoms with van der Waals surface area (Å²) >= 11 is 0. The van der Waals surface area contributed by atoms with E-state index in [-0.39, 0.29) is 24.5 Å². The van der Waals surface area contributed by atoms with E-state index in [1.54, 1.807) is 29.7 Å². The summed E-state index contributed by atoms with van der Waals surface area (Å²) in [5.41, 5.74) is 4.05. The van der Waals surface area contributed by atoms with Crippen LogP contribution in [-0.4, -0.2) is 34.7 Å². The van der Waals surface area contributed by atoms with Crippen molar-refractivity contribution in [3.05, 3.63) is 94.5 Å². The van der Waals surface area contributed by atoms with Gasteiger partial charge >= 0.3 is 12.0 Å². The molecule has 3 aromatic carbocycles. The predicted octanol–water partition coefficient (Wildman–Crippen LogP) is 4.49. The monoisotopic (exact) mass is 484 g/mol. The van der Waals surface area contributed by atoms with Crippen LogP contribution < -0.4 is 16.2 Å². The van der Waals surface area contributed by atoms with E-state index in [0.717, 1.165) is 16.7 Å². The van der Waals surface area contributed by atoms with E-state index in [1.807, 2.05) is 49.4 Å². The minimum atomic E-state index is -0.474. The van der Waals surface area contributed by atoms with Gasteiger partial charge in [-0.3, -0.25) is 14.2 Å². The number of nitrogens with zero attached hydrogens (tertiary/aromatic N) is 2. The molecule has 0 spiro atoms. The Bertz CT molecular complexity index is 1430. The van der Waals surface area contributed by atoms with E-state index in [1.165, 1.54) is 0 Å². The Kier molecular flexibility index (Phi) is 7.75. The summed E-state index contributed by atoms with van der Waals surface area (Å²) in [6.07, 6.45) is 0.0826. The topological polar surface area (TPSA) is 102 Å². The smallest absolute Gasteiger partial charge is 0.319 e. The standard InChI is InChI=1S/C28H28N4O4/c1-3-36-26(33)15-16-29-28(35)31-23-13-14-25-24(17-23)27(34)32(19(2)30-25)18-20-9-11-22(12-10-20)21-7-5-4-6-8-21/h4-14,17H,3,15-16,18H2,1-2H3,(H2,29,31,35). The number of fused-ring (bicyclic) bond motifs is 1. The van der Waals surface area contributed by atoms with Gasteiger partial charge in [-0.1, -0.05) is 54.6 Å². The van der Waals surface area contributed by atoms with Gasteiger partial charge in [-0.2, -0.15) is 0 Å². The van der Waals surface area contributed by atoms with Crippen molar-refractivity contribution >= 4 is 28.6 Å². The molecule has 8 heteroatoms. The molecule has 0 saturated heterocycles. The molecule has 0 fully saturated rings. The number of esters is 1. The molecule has 0 saturated carbocycles. The van der Waals surface area contributed by atoms with E-state index >= 15 is 0 Å². The van der Waals surface area contributed by atoms with Crippen molar-refractivity contribution in [1.29, 1.82) is 0 Å². The second-order valence-corrected chi connectivity index (χ2v) is 8.28. The molecule has 8 nitrogen and oxygen atoms in total. The zero-order chi connectivity index (χ0) is 25.5. The van der Waals surface area contributed by atoms with Gasteiger partial charge in [0, 0.05) is 12.2 Å². The third-order valence-corrected chi connectivity index (χ3v) is 5.72. The van der Waals surface area contributed by atoms with Crippen LogP contribution in [0.15, 0.2) is 77.6 Å². The van der Waals surface area contributed by atoms with Crippen LogP contribution in [0.1, 0.15) is 24.7 Å². The number of anilines is 1. The maximum atomic E-state index is 13.3. The minimum absolute atomic E-state index is 0.0826. The Morgan fingerprint density at radius 2 is 1.69 bits per heavy atom. The number of carbonyl (C=O) groups is 2. The normalized spacial score (nSPS) is 10.7. The zero-order valence-corrected chi connectivity index (χ0v) is 20.3. The lowest BCUT2D eigenvalue weighted by Gasteiger charge is -2.13. The first-order valence-electron chi connectivity index (χ1n) is 11.8. The van der Waals surface area contributed by atoms with Gasteiger partial charge in [-0.05, 0) is 48.7 Å². The molecule has 2 N–H and O–H groups in total. The number of aryl methyl sites for hydroxylation is 1. The number of hydrogen-bond acceptors (Lipinski definition) is 5. The van der Waals surface area contributed by atoms with Crippen molar-refractivity contribution in [2.24, 2.45) is 0 Å². The molecule has 184 valence electrons. The Balaban J connectivity index is 1.49. The summed E-state index contributed by atoms with van der Waals surface area (Å²) in [6.45, 7) is 4.36. The third-order valence-electron chi connectivity index (χ3n) is 5.72. The Morgan fingerprint density at radius 1 is 0.972 bits per heavy atom. The highest BCUT2D eigenvalue weighted by atomic mass is 16.5. The van der Waals surface area contributed by atoms with E-state index in [9.17, 15) is 14.4 Å². The minimum Gasteiger partial charge on any atom is -0.466 e. The van der Waals surface area contributed by atoms with Gasteiger partial charge in [0.15, 0.2) is 0 Å². The first-order valence-corrected chi connectivity index (χ1v) is 11.8. The van der Waals surface area contributed by atoms with Crippen molar-refractivity contribution in [2.45, 2.75) is 26.8 Å². The molecule has 0 aliphatic carbocycles. The molecule has 0 radical (unpaired) electrons. The second kappa shape index (κ2) is 11.3. The maximum absolute atomic E-state index is 13.3. The highest BCUT2D eigenvalue weighted by Gasteiger charge is 2.11. The summed E-state index contributed by atoms with van der Waals surface area (Å²) in [6, 6.07) is 22.8. The third kappa shape index (κ3) is 5.96. The number of aromatic nitrogens is 2. The van der Waals surface area contributed by atoms with E-state index in [4.69, 9.17) is 4.74 Å². The number of nitrogens with one attached hydrogen (secondary N) is 2. The van der Waals surface area contributed by atoms with Gasteiger partial charge in [0.2, 0.25) is 0 Å². The van der Waals surface area contributed by atoms with Crippen molar-refractivity contribution in [2.75, 3.05) is 18.5 Å². The SMILES string of the molecule is CCOC(=O)CCNC(=O)Nc1ccc2nc(C)n(Cc3ccc(-c4ccccc4)cc3)c(=O)c2c1. The molecule has 0 bridgehead atoms. The van der Waals surface area contributed by atoms with Gasteiger partial charge < -0.3 is 15.4 Å². The van der Waals surface area contributed by atoms with Crippen LogP contribution in [0.3, 0.4) is 0 Å². The van der Waals surface area contributed by atoms with Crippen molar-refractivity contribution in [1.82, 2.24) is 14.9 Å². The number of carbonyl (C=O) groups excluding carboxylic acids is 2. The maximum Gasteiger partial charge on any atom is 0.319 e. The number of amides is 2. The summed E-state index contributed by atoms with van der Waals surface area (Å²) in [7, 11) is 0. The van der Waals surface area contributed by atoms with Crippen LogP contribution >= 0.6 is 0 Å². The van der Waals surface area contributed by atoms with Crippen molar-refractivity contribution in [3.8, 4) is 11.1 Å². The fourth-order valence-corrected chi connectivity index (χ4v) is 3.90. The van der Waals surface area contributed by atoms with Gasteiger partial charge in [-0.15, -0.1) is 0 Å². The molecule has 4 aromatic rings. The largest absolute Gasteiger partial charge is 0.466 e. The van der Waals surface area contributed by atoms with Crippen LogP contribution in [0, 0.1) is 6.92 Å². The predicted molar refractivity (Wildman–Crippen MR) is 140 cm³/mol. The molecule has 1 heterocycles. The fourth-order valence-electron chi connectivity index (χ4n) is 3.90. The Labute approximate surface area is 208 Å². The first-order chi connectivity index (χ1) is 17.4. The van der Waals surface area contributed by atoms with E-state index in [0.29, 0.717) is 35.6 Å². The lowest BCUT2D eigenvalue weighted by atomic mass is 10.0. The van der Waals surface area contributed by atoms with Crippen LogP contribution in [0.2, 0.25) is 0 Å². The zero-order valence-electron chi connectivity index (χ0n) is 20.3. The first kappa shape index (κ1) is 24.7. The summed E-state index contributed by atoms with van der Waals surface area (Å²) < 4.78 is 6.47. The number of ether oxygens (including phenoxy) is 1. The van der Waals surface area contributed by atoms with Crippen LogP contribution in [0.25, 0.3) is 22.0 Å². The highest BCUT2D eigenvalue weighted by Crippen LogP contribution is 2.20. The van der Waals surface area contributed by atoms with Crippen molar-refractivity contribution in [3.63, 3.8) is 0 Å². The van der Waals surface area contributed by atoms with E-state index < -0.39 is 6.03 Å². The number of hydrogen-bond donors (Lipinski definition) is 2. The molecule has 0 aliphatic rings. The number of rotatable bonds is 8. The fraction of sp³-hybridized carbons (Fsp3) is 0.214. The lowest BCUT2D eigenvalue weighted by Crippen LogP contribution is -2.31. The summed E-state index contributed by atoms with van der Waals surface area (Å²) in [4.78, 5) is 41.5. The molecule has 4 rings (SSSR count). The Morgan fingerprint density at radius 3 is 2.42 bits per heavy atom. The number of benzene rings is 3. The van der Waals surface area contributed by atoms with E-state index in [2.05, 4.69) is 27.8 Å². The summed E-state index contributed by atoms with van der Waals surface area (Å²) in [5.74, 6) is 0.234. The van der Waals surface area contributed by atoms with Gasteiger partial charge in [-0.25, -0.2) is 9.78 Å². The molecular formula is C28H28N4O4. The summed E-state index contributed by atoms with van der Waals surface area (Å²) in [5, 5.41) is 5.71. The molecular weight excluding hydrogens is 456 g/mol. The van der Waals surface area contributed by atoms with Gasteiger partial charge in [0.05, 0.1) is 30.5 Å². The average molecular weight is 485 g/mol. The molecule has 36 heavy (non-hydrogen) atoms. The van der Waals surface area contributed by atoms with Crippen molar-refractivity contribution < 1.29 is 14.3 Å². The lowest BCUT2D eigenvalue weighted by molar-refractivity contribution is -0.142. The molecule has 2 amide bonds. The quantitative estimate of drug-likeness (QED) is 0.359. The molecule has 0 atom stereocenters. The molecule has 0 aliphatic heterocycles. The van der Waals surface area contributed by atoms with Crippen LogP contribution in [0.4, 0.5) is 10.5 Å². The van der Waals surface area contributed by atoms with Gasteiger partial charge in [0.25, 0.3) is 5.56 Å². The number of urea groups is 1. The Hall–Kier alpha value is -4.46. The van der Waals surface area contributed by atoms with Crippen LogP contribution in [-0.2, 0) is 16.1 Å².